The highest BCUT2D eigenvalue weighted by molar-refractivity contribution is 9.10. The van der Waals surface area contributed by atoms with Gasteiger partial charge in [-0.15, -0.1) is 0 Å². The van der Waals surface area contributed by atoms with E-state index in [0.717, 1.165) is 6.07 Å². The van der Waals surface area contributed by atoms with Gasteiger partial charge in [0.2, 0.25) is 0 Å². The number of rotatable bonds is 4. The zero-order valence-corrected chi connectivity index (χ0v) is 12.2. The van der Waals surface area contributed by atoms with Crippen LogP contribution in [0.5, 0.6) is 0 Å². The van der Waals surface area contributed by atoms with Gasteiger partial charge in [-0.25, -0.2) is 23.2 Å². The molecule has 0 saturated heterocycles. The lowest BCUT2D eigenvalue weighted by Crippen LogP contribution is -2.14. The highest BCUT2D eigenvalue weighted by atomic mass is 79.9. The van der Waals surface area contributed by atoms with Crippen LogP contribution in [0.1, 0.15) is 10.4 Å². The molecule has 2 rings (SSSR count). The van der Waals surface area contributed by atoms with Crippen molar-refractivity contribution >= 4 is 37.7 Å². The Morgan fingerprint density at radius 2 is 2.00 bits per heavy atom. The fourth-order valence-corrected chi connectivity index (χ4v) is 2.60. The van der Waals surface area contributed by atoms with E-state index in [1.807, 2.05) is 0 Å². The number of hydrogen-bond acceptors (Lipinski definition) is 5. The number of aromatic nitrogens is 2. The summed E-state index contributed by atoms with van der Waals surface area (Å²) in [5.74, 6) is -1.17. The highest BCUT2D eigenvalue weighted by Gasteiger charge is 2.16. The van der Waals surface area contributed by atoms with Crippen LogP contribution in [-0.2, 0) is 10.0 Å². The van der Waals surface area contributed by atoms with E-state index in [1.54, 1.807) is 0 Å². The summed E-state index contributed by atoms with van der Waals surface area (Å²) in [4.78, 5) is 18.3. The second-order valence-corrected chi connectivity index (χ2v) is 6.16. The molecule has 1 aromatic heterocycles. The molecule has 0 aliphatic heterocycles. The summed E-state index contributed by atoms with van der Waals surface area (Å²) in [6.45, 7) is 0. The minimum Gasteiger partial charge on any atom is -0.478 e. The molecule has 0 aliphatic rings. The summed E-state index contributed by atoms with van der Waals surface area (Å²) in [5, 5.41) is 8.85. The predicted molar refractivity (Wildman–Crippen MR) is 73.9 cm³/mol. The minimum atomic E-state index is -3.91. The Balaban J connectivity index is 2.33. The van der Waals surface area contributed by atoms with Crippen LogP contribution < -0.4 is 4.72 Å². The van der Waals surface area contributed by atoms with Gasteiger partial charge in [0, 0.05) is 0 Å². The molecule has 0 fully saturated rings. The second kappa shape index (κ2) is 5.55. The van der Waals surface area contributed by atoms with Crippen LogP contribution in [0.2, 0.25) is 0 Å². The summed E-state index contributed by atoms with van der Waals surface area (Å²) in [5.41, 5.74) is -0.116. The number of nitrogens with one attached hydrogen (secondary N) is 1. The average molecular weight is 358 g/mol. The van der Waals surface area contributed by atoms with Crippen molar-refractivity contribution in [1.82, 2.24) is 9.97 Å². The van der Waals surface area contributed by atoms with Gasteiger partial charge < -0.3 is 5.11 Å². The van der Waals surface area contributed by atoms with E-state index in [0.29, 0.717) is 4.60 Å². The van der Waals surface area contributed by atoms with Crippen molar-refractivity contribution in [3.63, 3.8) is 0 Å². The van der Waals surface area contributed by atoms with Crippen LogP contribution in [0, 0.1) is 0 Å². The molecule has 20 heavy (non-hydrogen) atoms. The largest absolute Gasteiger partial charge is 0.478 e. The Labute approximate surface area is 122 Å². The fraction of sp³-hybridized carbons (Fsp3) is 0. The predicted octanol–water partition coefficient (Wildman–Crippen LogP) is 1.74. The molecule has 1 heterocycles. The van der Waals surface area contributed by atoms with Gasteiger partial charge in [-0.1, -0.05) is 6.07 Å². The third-order valence-electron chi connectivity index (χ3n) is 2.25. The molecule has 2 N–H and O–H groups in total. The van der Waals surface area contributed by atoms with Crippen molar-refractivity contribution in [2.24, 2.45) is 0 Å². The normalized spacial score (nSPS) is 11.1. The zero-order valence-electron chi connectivity index (χ0n) is 9.82. The quantitative estimate of drug-likeness (QED) is 0.862. The lowest BCUT2D eigenvalue weighted by Gasteiger charge is -2.07. The van der Waals surface area contributed by atoms with Gasteiger partial charge in [0.1, 0.15) is 4.60 Å². The lowest BCUT2D eigenvalue weighted by atomic mass is 10.2. The Morgan fingerprint density at radius 1 is 1.25 bits per heavy atom. The Morgan fingerprint density at radius 3 is 2.60 bits per heavy atom. The molecule has 2 aromatic rings. The number of carboxylic acids is 1. The molecule has 0 saturated carbocycles. The number of hydrogen-bond donors (Lipinski definition) is 2. The lowest BCUT2D eigenvalue weighted by molar-refractivity contribution is 0.0696. The van der Waals surface area contributed by atoms with Crippen LogP contribution in [0.25, 0.3) is 0 Å². The smallest absolute Gasteiger partial charge is 0.335 e. The second-order valence-electron chi connectivity index (χ2n) is 3.66. The van der Waals surface area contributed by atoms with Crippen molar-refractivity contribution in [3.8, 4) is 0 Å². The van der Waals surface area contributed by atoms with Crippen LogP contribution in [0.3, 0.4) is 0 Å². The van der Waals surface area contributed by atoms with E-state index in [2.05, 4.69) is 30.6 Å². The van der Waals surface area contributed by atoms with Crippen molar-refractivity contribution < 1.29 is 18.3 Å². The van der Waals surface area contributed by atoms with Gasteiger partial charge in [-0.3, -0.25) is 4.72 Å². The number of sulfonamides is 1. The third kappa shape index (κ3) is 3.31. The third-order valence-corrected chi connectivity index (χ3v) is 4.01. The zero-order chi connectivity index (χ0) is 14.8. The van der Waals surface area contributed by atoms with Crippen molar-refractivity contribution in [2.75, 3.05) is 4.72 Å². The molecular weight excluding hydrogens is 350 g/mol. The van der Waals surface area contributed by atoms with Gasteiger partial charge in [-0.2, -0.15) is 0 Å². The van der Waals surface area contributed by atoms with Gasteiger partial charge in [0.15, 0.2) is 5.82 Å². The SMILES string of the molecule is O=C(O)c1cccc(S(=O)(=O)Nc2cnc(Br)cn2)c1. The maximum absolute atomic E-state index is 12.1. The van der Waals surface area contributed by atoms with Crippen molar-refractivity contribution in [3.05, 3.63) is 46.8 Å². The fourth-order valence-electron chi connectivity index (χ4n) is 1.36. The number of nitrogens with zero attached hydrogens (tertiary/aromatic N) is 2. The monoisotopic (exact) mass is 357 g/mol. The topological polar surface area (TPSA) is 109 Å². The summed E-state index contributed by atoms with van der Waals surface area (Å²) in [7, 11) is -3.91. The van der Waals surface area contributed by atoms with Crippen LogP contribution in [-0.4, -0.2) is 29.5 Å². The first-order valence-corrected chi connectivity index (χ1v) is 7.50. The van der Waals surface area contributed by atoms with E-state index >= 15 is 0 Å². The molecule has 0 spiro atoms. The summed E-state index contributed by atoms with van der Waals surface area (Å²) in [6.07, 6.45) is 2.58. The first kappa shape index (κ1) is 14.4. The van der Waals surface area contributed by atoms with E-state index < -0.39 is 16.0 Å². The molecule has 0 amide bonds. The molecule has 0 unspecified atom stereocenters. The summed E-state index contributed by atoms with van der Waals surface area (Å²) in [6, 6.07) is 5.02. The standard InChI is InChI=1S/C11H8BrN3O4S/c12-9-5-14-10(6-13-9)15-20(18,19)8-3-1-2-7(4-8)11(16)17/h1-6H,(H,14,15)(H,16,17). The van der Waals surface area contributed by atoms with Gasteiger partial charge in [0.25, 0.3) is 10.0 Å². The Hall–Kier alpha value is -2.00. The maximum Gasteiger partial charge on any atom is 0.335 e. The molecule has 0 atom stereocenters. The average Bonchev–Trinajstić information content (AvgIpc) is 2.41. The molecular formula is C11H8BrN3O4S. The number of carboxylic acid groups (broad SMARTS) is 1. The number of anilines is 1. The molecule has 1 aromatic carbocycles. The number of halogens is 1. The first-order valence-electron chi connectivity index (χ1n) is 5.22. The van der Waals surface area contributed by atoms with E-state index in [1.165, 1.54) is 30.6 Å². The molecule has 7 nitrogen and oxygen atoms in total. The van der Waals surface area contributed by atoms with Crippen molar-refractivity contribution in [2.45, 2.75) is 4.90 Å². The van der Waals surface area contributed by atoms with Gasteiger partial charge in [0.05, 0.1) is 22.9 Å². The summed E-state index contributed by atoms with van der Waals surface area (Å²) >= 11 is 3.08. The van der Waals surface area contributed by atoms with Crippen LogP contribution in [0.4, 0.5) is 5.82 Å². The van der Waals surface area contributed by atoms with Gasteiger partial charge in [-0.05, 0) is 34.1 Å². The van der Waals surface area contributed by atoms with Gasteiger partial charge >= 0.3 is 5.97 Å². The summed E-state index contributed by atoms with van der Waals surface area (Å²) < 4.78 is 26.8. The van der Waals surface area contributed by atoms with Crippen molar-refractivity contribution in [1.29, 1.82) is 0 Å². The molecule has 0 radical (unpaired) electrons. The molecule has 0 bridgehead atoms. The Kier molecular flexibility index (Phi) is 4.00. The Bertz CT molecular complexity index is 747. The molecule has 0 aliphatic carbocycles. The molecule has 104 valence electrons. The first-order chi connectivity index (χ1) is 9.38. The maximum atomic E-state index is 12.1. The number of benzene rings is 1. The van der Waals surface area contributed by atoms with E-state index in [4.69, 9.17) is 5.11 Å². The van der Waals surface area contributed by atoms with E-state index in [9.17, 15) is 13.2 Å². The highest BCUT2D eigenvalue weighted by Crippen LogP contribution is 2.16. The number of aromatic carboxylic acids is 1. The van der Waals surface area contributed by atoms with Crippen LogP contribution in [0.15, 0.2) is 46.2 Å². The van der Waals surface area contributed by atoms with E-state index in [-0.39, 0.29) is 16.3 Å². The minimum absolute atomic E-state index is 0.0360. The molecule has 9 heteroatoms. The number of carbonyl (C=O) groups is 1. The van der Waals surface area contributed by atoms with Crippen LogP contribution >= 0.6 is 15.9 Å².